The topological polar surface area (TPSA) is 97.0 Å². The van der Waals surface area contributed by atoms with E-state index in [0.717, 1.165) is 31.4 Å². The molecule has 0 aliphatic carbocycles. The van der Waals surface area contributed by atoms with Crippen molar-refractivity contribution in [2.24, 2.45) is 0 Å². The Morgan fingerprint density at radius 1 is 0.816 bits per heavy atom. The quantitative estimate of drug-likeness (QED) is 0.289. The van der Waals surface area contributed by atoms with Crippen LogP contribution in [0.25, 0.3) is 0 Å². The van der Waals surface area contributed by atoms with Gasteiger partial charge in [-0.2, -0.15) is 4.31 Å². The van der Waals surface area contributed by atoms with Crippen molar-refractivity contribution in [1.82, 2.24) is 9.62 Å². The molecular weight excluding hydrogens is 522 g/mol. The molecule has 0 unspecified atom stereocenters. The molecule has 0 atom stereocenters. The van der Waals surface area contributed by atoms with E-state index in [-0.39, 0.29) is 10.0 Å². The molecule has 1 aliphatic heterocycles. The van der Waals surface area contributed by atoms with Crippen LogP contribution in [0.4, 0.5) is 5.69 Å². The third-order valence-electron chi connectivity index (χ3n) is 6.00. The van der Waals surface area contributed by atoms with Crippen molar-refractivity contribution in [2.45, 2.75) is 30.6 Å². The molecule has 0 saturated carbocycles. The highest BCUT2D eigenvalue weighted by molar-refractivity contribution is 7.89. The number of sulfonamides is 1. The zero-order valence-corrected chi connectivity index (χ0v) is 22.6. The van der Waals surface area contributed by atoms with E-state index >= 15 is 0 Å². The Morgan fingerprint density at radius 2 is 1.45 bits per heavy atom. The summed E-state index contributed by atoms with van der Waals surface area (Å²) in [4.78, 5) is 12.9. The van der Waals surface area contributed by atoms with Crippen LogP contribution < -0.4 is 20.1 Å². The lowest BCUT2D eigenvalue weighted by Crippen LogP contribution is -2.34. The summed E-state index contributed by atoms with van der Waals surface area (Å²) in [6.07, 6.45) is 3.87. The molecule has 1 saturated heterocycles. The van der Waals surface area contributed by atoms with Gasteiger partial charge in [-0.1, -0.05) is 37.1 Å². The van der Waals surface area contributed by atoms with E-state index < -0.39 is 15.9 Å². The van der Waals surface area contributed by atoms with E-state index in [2.05, 4.69) is 10.6 Å². The highest BCUT2D eigenvalue weighted by Gasteiger charge is 2.25. The second-order valence-electron chi connectivity index (χ2n) is 8.79. The summed E-state index contributed by atoms with van der Waals surface area (Å²) < 4.78 is 38.8. The van der Waals surface area contributed by atoms with Gasteiger partial charge in [0.15, 0.2) is 5.11 Å². The summed E-state index contributed by atoms with van der Waals surface area (Å²) >= 11 is 5.28. The van der Waals surface area contributed by atoms with Gasteiger partial charge in [0.2, 0.25) is 10.0 Å². The molecule has 1 amide bonds. The van der Waals surface area contributed by atoms with Gasteiger partial charge in [0.05, 0.1) is 4.90 Å². The molecule has 1 fully saturated rings. The van der Waals surface area contributed by atoms with E-state index in [1.54, 1.807) is 52.8 Å². The number of carbonyl (C=O) groups excluding carboxylic acids is 1. The molecular formula is C28H31N3O5S2. The first-order valence-electron chi connectivity index (χ1n) is 12.5. The molecule has 0 aromatic heterocycles. The summed E-state index contributed by atoms with van der Waals surface area (Å²) in [7, 11) is -3.53. The summed E-state index contributed by atoms with van der Waals surface area (Å²) in [6, 6.07) is 22.6. The summed E-state index contributed by atoms with van der Waals surface area (Å²) in [5.74, 6) is 0.905. The minimum Gasteiger partial charge on any atom is -0.490 e. The largest absolute Gasteiger partial charge is 0.490 e. The third-order valence-corrected chi connectivity index (χ3v) is 8.12. The maximum Gasteiger partial charge on any atom is 0.257 e. The number of anilines is 1. The van der Waals surface area contributed by atoms with Crippen molar-refractivity contribution in [3.8, 4) is 11.5 Å². The summed E-state index contributed by atoms with van der Waals surface area (Å²) in [5.41, 5.74) is 0.954. The highest BCUT2D eigenvalue weighted by atomic mass is 32.2. The van der Waals surface area contributed by atoms with E-state index in [0.29, 0.717) is 43.3 Å². The van der Waals surface area contributed by atoms with Crippen LogP contribution >= 0.6 is 12.2 Å². The Kier molecular flexibility index (Phi) is 9.69. The molecule has 0 spiro atoms. The maximum atomic E-state index is 13.0. The maximum absolute atomic E-state index is 13.0. The fourth-order valence-corrected chi connectivity index (χ4v) is 5.77. The Balaban J connectivity index is 1.27. The number of ether oxygens (including phenoxy) is 2. The monoisotopic (exact) mass is 553 g/mol. The standard InChI is InChI=1S/C28H31N3O5S2/c32-27(22-9-8-12-25(21-22)36-20-19-35-24-10-4-3-5-11-24)30-28(37)29-23-13-15-26(16-14-23)38(33,34)31-17-6-1-2-7-18-31/h3-5,8-16,21H,1-2,6-7,17-20H2,(H2,29,30,32,37). The Morgan fingerprint density at radius 3 is 2.13 bits per heavy atom. The number of amides is 1. The van der Waals surface area contributed by atoms with E-state index in [1.807, 2.05) is 30.3 Å². The molecule has 0 radical (unpaired) electrons. The minimum absolute atomic E-state index is 0.0979. The molecule has 200 valence electrons. The second kappa shape index (κ2) is 13.4. The van der Waals surface area contributed by atoms with Crippen LogP contribution in [0, 0.1) is 0 Å². The Labute approximate surface area is 229 Å². The summed E-state index contributed by atoms with van der Waals surface area (Å²) in [6.45, 7) is 1.79. The molecule has 8 nitrogen and oxygen atoms in total. The van der Waals surface area contributed by atoms with Crippen molar-refractivity contribution in [3.63, 3.8) is 0 Å². The van der Waals surface area contributed by atoms with Gasteiger partial charge in [0, 0.05) is 24.3 Å². The van der Waals surface area contributed by atoms with Crippen molar-refractivity contribution < 1.29 is 22.7 Å². The SMILES string of the molecule is O=C(NC(=S)Nc1ccc(S(=O)(=O)N2CCCCCC2)cc1)c1cccc(OCCOc2ccccc2)c1. The number of nitrogens with one attached hydrogen (secondary N) is 2. The zero-order valence-electron chi connectivity index (χ0n) is 21.0. The smallest absolute Gasteiger partial charge is 0.257 e. The van der Waals surface area contributed by atoms with Crippen molar-refractivity contribution in [2.75, 3.05) is 31.6 Å². The number of para-hydroxylation sites is 1. The van der Waals surface area contributed by atoms with Gasteiger partial charge in [-0.25, -0.2) is 8.42 Å². The van der Waals surface area contributed by atoms with Crippen molar-refractivity contribution in [3.05, 3.63) is 84.4 Å². The number of nitrogens with zero attached hydrogens (tertiary/aromatic N) is 1. The van der Waals surface area contributed by atoms with Crippen LogP contribution in [0.2, 0.25) is 0 Å². The fourth-order valence-electron chi connectivity index (χ4n) is 4.04. The van der Waals surface area contributed by atoms with Crippen LogP contribution in [-0.2, 0) is 10.0 Å². The number of carbonyl (C=O) groups is 1. The molecule has 1 heterocycles. The molecule has 38 heavy (non-hydrogen) atoms. The molecule has 3 aromatic carbocycles. The predicted octanol–water partition coefficient (Wildman–Crippen LogP) is 4.84. The van der Waals surface area contributed by atoms with E-state index in [9.17, 15) is 13.2 Å². The van der Waals surface area contributed by atoms with Gasteiger partial charge >= 0.3 is 0 Å². The van der Waals surface area contributed by atoms with Crippen molar-refractivity contribution in [1.29, 1.82) is 0 Å². The Hall–Kier alpha value is -3.47. The van der Waals surface area contributed by atoms with Gasteiger partial charge in [-0.05, 0) is 79.7 Å². The molecule has 0 bridgehead atoms. The lowest BCUT2D eigenvalue weighted by atomic mass is 10.2. The fraction of sp³-hybridized carbons (Fsp3) is 0.286. The first kappa shape index (κ1) is 27.6. The van der Waals surface area contributed by atoms with Crippen LogP contribution in [-0.4, -0.2) is 50.0 Å². The molecule has 3 aromatic rings. The molecule has 10 heteroatoms. The average molecular weight is 554 g/mol. The number of thiocarbonyl (C=S) groups is 1. The van der Waals surface area contributed by atoms with Gasteiger partial charge in [-0.3, -0.25) is 10.1 Å². The highest BCUT2D eigenvalue weighted by Crippen LogP contribution is 2.22. The second-order valence-corrected chi connectivity index (χ2v) is 11.1. The number of rotatable bonds is 9. The van der Waals surface area contributed by atoms with Crippen LogP contribution in [0.1, 0.15) is 36.0 Å². The average Bonchev–Trinajstić information content (AvgIpc) is 3.23. The lowest BCUT2D eigenvalue weighted by molar-refractivity contribution is 0.0977. The first-order valence-corrected chi connectivity index (χ1v) is 14.4. The lowest BCUT2D eigenvalue weighted by Gasteiger charge is -2.20. The minimum atomic E-state index is -3.53. The first-order chi connectivity index (χ1) is 18.4. The van der Waals surface area contributed by atoms with Gasteiger partial charge in [0.25, 0.3) is 5.91 Å². The normalized spacial score (nSPS) is 14.2. The summed E-state index contributed by atoms with van der Waals surface area (Å²) in [5, 5.41) is 5.66. The molecule has 1 aliphatic rings. The van der Waals surface area contributed by atoms with Crippen molar-refractivity contribution >= 4 is 38.9 Å². The number of hydrogen-bond acceptors (Lipinski definition) is 6. The van der Waals surface area contributed by atoms with E-state index in [4.69, 9.17) is 21.7 Å². The number of hydrogen-bond donors (Lipinski definition) is 2. The Bertz CT molecular complexity index is 1320. The third kappa shape index (κ3) is 7.77. The zero-order chi connectivity index (χ0) is 26.8. The van der Waals surface area contributed by atoms with Crippen LogP contribution in [0.15, 0.2) is 83.8 Å². The van der Waals surface area contributed by atoms with Gasteiger partial charge in [-0.15, -0.1) is 0 Å². The van der Waals surface area contributed by atoms with Gasteiger partial charge < -0.3 is 14.8 Å². The van der Waals surface area contributed by atoms with Gasteiger partial charge in [0.1, 0.15) is 24.7 Å². The molecule has 4 rings (SSSR count). The molecule has 2 N–H and O–H groups in total. The number of benzene rings is 3. The predicted molar refractivity (Wildman–Crippen MR) is 151 cm³/mol. The van der Waals surface area contributed by atoms with E-state index in [1.165, 1.54) is 0 Å². The van der Waals surface area contributed by atoms with Crippen LogP contribution in [0.5, 0.6) is 11.5 Å². The van der Waals surface area contributed by atoms with Crippen LogP contribution in [0.3, 0.4) is 0 Å².